The Morgan fingerprint density at radius 3 is 2.36 bits per heavy atom. The molecular weight excluding hydrogens is 304 g/mol. The van der Waals surface area contributed by atoms with E-state index >= 15 is 0 Å². The molecule has 4 aromatic rings. The molecule has 0 amide bonds. The Bertz CT molecular complexity index is 999. The van der Waals surface area contributed by atoms with Crippen LogP contribution in [0.5, 0.6) is 0 Å². The van der Waals surface area contributed by atoms with E-state index in [2.05, 4.69) is 96.5 Å². The quantitative estimate of drug-likeness (QED) is 0.551. The Kier molecular flexibility index (Phi) is 4.29. The molecule has 4 rings (SSSR count). The Balaban J connectivity index is 1.64. The van der Waals surface area contributed by atoms with Crippen LogP contribution in [0.4, 0.5) is 0 Å². The maximum Gasteiger partial charge on any atom is 0.109 e. The molecule has 1 aromatic heterocycles. The Labute approximate surface area is 149 Å². The van der Waals surface area contributed by atoms with Gasteiger partial charge in [-0.25, -0.2) is 0 Å². The van der Waals surface area contributed by atoms with E-state index in [-0.39, 0.29) is 0 Å². The molecule has 2 heteroatoms. The van der Waals surface area contributed by atoms with Crippen LogP contribution in [0.15, 0.2) is 72.8 Å². The van der Waals surface area contributed by atoms with Gasteiger partial charge in [0.15, 0.2) is 0 Å². The van der Waals surface area contributed by atoms with Crippen molar-refractivity contribution in [3.63, 3.8) is 0 Å². The number of hydrogen-bond donors (Lipinski definition) is 1. The molecule has 2 N–H and O–H groups in total. The van der Waals surface area contributed by atoms with Crippen LogP contribution in [0.1, 0.15) is 31.0 Å². The normalized spacial score (nSPS) is 12.7. The molecule has 1 heterocycles. The second kappa shape index (κ2) is 6.73. The van der Waals surface area contributed by atoms with Gasteiger partial charge >= 0.3 is 0 Å². The molecule has 0 aliphatic heterocycles. The van der Waals surface area contributed by atoms with Gasteiger partial charge in [-0.2, -0.15) is 0 Å². The number of fused-ring (bicyclic) bond motifs is 3. The Hall–Kier alpha value is -2.58. The Morgan fingerprint density at radius 1 is 0.840 bits per heavy atom. The molecule has 0 aliphatic rings. The lowest BCUT2D eigenvalue weighted by Gasteiger charge is -2.11. The van der Waals surface area contributed by atoms with Crippen molar-refractivity contribution in [3.8, 4) is 0 Å². The molecule has 0 fully saturated rings. The summed E-state index contributed by atoms with van der Waals surface area (Å²) in [5, 5.41) is 5.14. The third-order valence-corrected chi connectivity index (χ3v) is 5.19. The third-order valence-electron chi connectivity index (χ3n) is 5.19. The molecule has 0 saturated carbocycles. The summed E-state index contributed by atoms with van der Waals surface area (Å²) >= 11 is 0. The maximum atomic E-state index is 2.41. The minimum atomic E-state index is 0.467. The molecule has 0 spiro atoms. The number of nitrogens with two attached hydrogens (primary N) is 1. The van der Waals surface area contributed by atoms with Crippen molar-refractivity contribution in [1.29, 1.82) is 0 Å². The predicted molar refractivity (Wildman–Crippen MR) is 106 cm³/mol. The fraction of sp³-hybridized carbons (Fsp3) is 0.217. The van der Waals surface area contributed by atoms with Gasteiger partial charge < -0.3 is 9.88 Å². The summed E-state index contributed by atoms with van der Waals surface area (Å²) in [6.07, 6.45) is 0. The highest BCUT2D eigenvalue weighted by Crippen LogP contribution is 2.29. The Morgan fingerprint density at radius 2 is 1.56 bits per heavy atom. The molecule has 0 unspecified atom stereocenters. The van der Waals surface area contributed by atoms with Gasteiger partial charge in [0, 0.05) is 39.5 Å². The third kappa shape index (κ3) is 2.94. The number of benzene rings is 3. The van der Waals surface area contributed by atoms with Crippen LogP contribution in [0.25, 0.3) is 21.8 Å². The number of para-hydroxylation sites is 1. The standard InChI is InChI=1S/C23H24N2/c1-3-25-22-12-8-7-11-20(22)21-15-18(13-14-23(21)25)16-24-17(2)19-9-5-4-6-10-19/h4-15,17,24H,3,16H2,1-2H3/p+1/t17-/m0/s1. The minimum absolute atomic E-state index is 0.467. The highest BCUT2D eigenvalue weighted by Gasteiger charge is 2.11. The summed E-state index contributed by atoms with van der Waals surface area (Å²) in [6.45, 7) is 6.49. The number of rotatable bonds is 5. The topological polar surface area (TPSA) is 21.5 Å². The molecule has 0 radical (unpaired) electrons. The van der Waals surface area contributed by atoms with Gasteiger partial charge in [0.2, 0.25) is 0 Å². The van der Waals surface area contributed by atoms with Crippen molar-refractivity contribution < 1.29 is 5.32 Å². The lowest BCUT2D eigenvalue weighted by Crippen LogP contribution is -2.83. The summed E-state index contributed by atoms with van der Waals surface area (Å²) in [6, 6.07) is 26.9. The van der Waals surface area contributed by atoms with Crippen LogP contribution in [-0.2, 0) is 13.1 Å². The second-order valence-electron chi connectivity index (χ2n) is 6.75. The molecular formula is C23H25N2+. The van der Waals surface area contributed by atoms with Crippen molar-refractivity contribution >= 4 is 21.8 Å². The van der Waals surface area contributed by atoms with Gasteiger partial charge in [-0.05, 0) is 32.0 Å². The van der Waals surface area contributed by atoms with Crippen LogP contribution >= 0.6 is 0 Å². The van der Waals surface area contributed by atoms with Crippen molar-refractivity contribution in [3.05, 3.63) is 83.9 Å². The number of aryl methyl sites for hydroxylation is 1. The van der Waals surface area contributed by atoms with Gasteiger partial charge in [-0.15, -0.1) is 0 Å². The van der Waals surface area contributed by atoms with Crippen LogP contribution in [-0.4, -0.2) is 4.57 Å². The summed E-state index contributed by atoms with van der Waals surface area (Å²) in [4.78, 5) is 0. The first-order valence-electron chi connectivity index (χ1n) is 9.16. The highest BCUT2D eigenvalue weighted by molar-refractivity contribution is 6.08. The van der Waals surface area contributed by atoms with Crippen LogP contribution < -0.4 is 5.32 Å². The molecule has 1 atom stereocenters. The fourth-order valence-corrected chi connectivity index (χ4v) is 3.77. The van der Waals surface area contributed by atoms with Crippen molar-refractivity contribution in [2.24, 2.45) is 0 Å². The first-order chi connectivity index (χ1) is 12.3. The smallest absolute Gasteiger partial charge is 0.109 e. The zero-order valence-corrected chi connectivity index (χ0v) is 14.9. The SMILES string of the molecule is CCn1c2ccccc2c2cc(C[NH2+][C@@H](C)c3ccccc3)ccc21. The number of nitrogens with zero attached hydrogens (tertiary/aromatic N) is 1. The van der Waals surface area contributed by atoms with Crippen molar-refractivity contribution in [2.75, 3.05) is 0 Å². The van der Waals surface area contributed by atoms with E-state index in [1.807, 2.05) is 0 Å². The average molecular weight is 329 g/mol. The van der Waals surface area contributed by atoms with Gasteiger partial charge in [0.05, 0.1) is 0 Å². The van der Waals surface area contributed by atoms with Gasteiger partial charge in [-0.3, -0.25) is 0 Å². The van der Waals surface area contributed by atoms with Crippen LogP contribution in [0.2, 0.25) is 0 Å². The first kappa shape index (κ1) is 15.9. The molecule has 25 heavy (non-hydrogen) atoms. The van der Waals surface area contributed by atoms with Crippen molar-refractivity contribution in [2.45, 2.75) is 33.0 Å². The summed E-state index contributed by atoms with van der Waals surface area (Å²) < 4.78 is 2.41. The van der Waals surface area contributed by atoms with Crippen LogP contribution in [0, 0.1) is 0 Å². The number of hydrogen-bond acceptors (Lipinski definition) is 0. The highest BCUT2D eigenvalue weighted by atomic mass is 15.0. The van der Waals surface area contributed by atoms with Gasteiger partial charge in [0.1, 0.15) is 12.6 Å². The van der Waals surface area contributed by atoms with Crippen molar-refractivity contribution in [1.82, 2.24) is 4.57 Å². The molecule has 126 valence electrons. The first-order valence-corrected chi connectivity index (χ1v) is 9.16. The van der Waals surface area contributed by atoms with E-state index < -0.39 is 0 Å². The van der Waals surface area contributed by atoms with Gasteiger partial charge in [0.25, 0.3) is 0 Å². The monoisotopic (exact) mass is 329 g/mol. The van der Waals surface area contributed by atoms with E-state index in [1.54, 1.807) is 0 Å². The number of quaternary nitrogens is 1. The maximum absolute atomic E-state index is 2.41. The zero-order valence-electron chi connectivity index (χ0n) is 14.9. The average Bonchev–Trinajstić information content (AvgIpc) is 3.00. The predicted octanol–water partition coefficient (Wildman–Crippen LogP) is 4.64. The zero-order chi connectivity index (χ0) is 17.2. The van der Waals surface area contributed by atoms with E-state index in [4.69, 9.17) is 0 Å². The second-order valence-corrected chi connectivity index (χ2v) is 6.75. The molecule has 3 aromatic carbocycles. The van der Waals surface area contributed by atoms with E-state index in [9.17, 15) is 0 Å². The summed E-state index contributed by atoms with van der Waals surface area (Å²) in [5.74, 6) is 0. The summed E-state index contributed by atoms with van der Waals surface area (Å²) in [7, 11) is 0. The van der Waals surface area contributed by atoms with E-state index in [1.165, 1.54) is 32.9 Å². The molecule has 0 bridgehead atoms. The lowest BCUT2D eigenvalue weighted by atomic mass is 10.1. The summed E-state index contributed by atoms with van der Waals surface area (Å²) in [5.41, 5.74) is 5.43. The molecule has 2 nitrogen and oxygen atoms in total. The lowest BCUT2D eigenvalue weighted by molar-refractivity contribution is -0.707. The molecule has 0 aliphatic carbocycles. The minimum Gasteiger partial charge on any atom is -0.341 e. The molecule has 0 saturated heterocycles. The van der Waals surface area contributed by atoms with E-state index in [0.29, 0.717) is 6.04 Å². The van der Waals surface area contributed by atoms with E-state index in [0.717, 1.165) is 13.1 Å². The largest absolute Gasteiger partial charge is 0.341 e. The fourth-order valence-electron chi connectivity index (χ4n) is 3.77. The number of aromatic nitrogens is 1. The van der Waals surface area contributed by atoms with Crippen LogP contribution in [0.3, 0.4) is 0 Å². The van der Waals surface area contributed by atoms with Gasteiger partial charge in [-0.1, -0.05) is 54.6 Å².